The second-order valence-electron chi connectivity index (χ2n) is 7.63. The SMILES string of the molecule is CCNC(=NCCCN1CCC(C)CC1)N1CC(C)C(C(=O)OC)C1.I. The number of guanidine groups is 1. The summed E-state index contributed by atoms with van der Waals surface area (Å²) in [5.41, 5.74) is 0. The number of rotatable bonds is 6. The molecule has 0 aromatic carbocycles. The first-order chi connectivity index (χ1) is 12.0. The summed E-state index contributed by atoms with van der Waals surface area (Å²) in [5.74, 6) is 1.96. The zero-order chi connectivity index (χ0) is 18.2. The standard InChI is InChI=1S/C19H36N4O2.HI/c1-5-20-19(23-13-16(3)17(14-23)18(24)25-4)21-9-6-10-22-11-7-15(2)8-12-22;/h15-17H,5-14H2,1-4H3,(H,20,21);1H. The highest BCUT2D eigenvalue weighted by Crippen LogP contribution is 2.24. The van der Waals surface area contributed by atoms with Gasteiger partial charge in [0.05, 0.1) is 13.0 Å². The Bertz CT molecular complexity index is 453. The van der Waals surface area contributed by atoms with E-state index in [4.69, 9.17) is 9.73 Å². The third-order valence-corrected chi connectivity index (χ3v) is 5.52. The first-order valence-electron chi connectivity index (χ1n) is 9.88. The van der Waals surface area contributed by atoms with E-state index in [-0.39, 0.29) is 35.9 Å². The molecular weight excluding hydrogens is 443 g/mol. The minimum atomic E-state index is -0.106. The molecule has 0 amide bonds. The summed E-state index contributed by atoms with van der Waals surface area (Å²) in [5, 5.41) is 3.38. The lowest BCUT2D eigenvalue weighted by molar-refractivity contribution is -0.145. The lowest BCUT2D eigenvalue weighted by Gasteiger charge is -2.30. The lowest BCUT2D eigenvalue weighted by Crippen LogP contribution is -2.41. The molecule has 0 radical (unpaired) electrons. The predicted molar refractivity (Wildman–Crippen MR) is 117 cm³/mol. The Hall–Kier alpha value is -0.570. The number of hydrogen-bond donors (Lipinski definition) is 1. The maximum absolute atomic E-state index is 11.9. The largest absolute Gasteiger partial charge is 0.469 e. The van der Waals surface area contributed by atoms with Gasteiger partial charge in [-0.1, -0.05) is 13.8 Å². The van der Waals surface area contributed by atoms with E-state index in [2.05, 4.69) is 35.9 Å². The third kappa shape index (κ3) is 6.87. The number of ether oxygens (including phenoxy) is 1. The highest BCUT2D eigenvalue weighted by molar-refractivity contribution is 14.0. The second-order valence-corrected chi connectivity index (χ2v) is 7.63. The van der Waals surface area contributed by atoms with Crippen LogP contribution in [0.15, 0.2) is 4.99 Å². The minimum absolute atomic E-state index is 0. The van der Waals surface area contributed by atoms with Crippen molar-refractivity contribution in [3.8, 4) is 0 Å². The number of halogens is 1. The first-order valence-corrected chi connectivity index (χ1v) is 9.88. The summed E-state index contributed by atoms with van der Waals surface area (Å²) in [4.78, 5) is 21.5. The van der Waals surface area contributed by atoms with Crippen molar-refractivity contribution in [3.63, 3.8) is 0 Å². The van der Waals surface area contributed by atoms with E-state index in [0.717, 1.165) is 44.5 Å². The molecule has 0 bridgehead atoms. The molecular formula is C19H37IN4O2. The highest BCUT2D eigenvalue weighted by Gasteiger charge is 2.36. The lowest BCUT2D eigenvalue weighted by atomic mass is 9.99. The average Bonchev–Trinajstić information content (AvgIpc) is 3.00. The van der Waals surface area contributed by atoms with Gasteiger partial charge < -0.3 is 19.9 Å². The number of carbonyl (C=O) groups is 1. The van der Waals surface area contributed by atoms with Crippen molar-refractivity contribution in [3.05, 3.63) is 0 Å². The van der Waals surface area contributed by atoms with E-state index in [1.165, 1.54) is 33.0 Å². The fourth-order valence-electron chi connectivity index (χ4n) is 3.79. The predicted octanol–water partition coefficient (Wildman–Crippen LogP) is 2.43. The molecule has 2 rings (SSSR count). The quantitative estimate of drug-likeness (QED) is 0.208. The van der Waals surface area contributed by atoms with Gasteiger partial charge in [0.2, 0.25) is 0 Å². The summed E-state index contributed by atoms with van der Waals surface area (Å²) in [6.45, 7) is 13.4. The molecule has 0 saturated carbocycles. The number of methoxy groups -OCH3 is 1. The van der Waals surface area contributed by atoms with Gasteiger partial charge in [-0.25, -0.2) is 0 Å². The van der Waals surface area contributed by atoms with E-state index >= 15 is 0 Å². The summed E-state index contributed by atoms with van der Waals surface area (Å²) in [6, 6.07) is 0. The van der Waals surface area contributed by atoms with Crippen molar-refractivity contribution < 1.29 is 9.53 Å². The van der Waals surface area contributed by atoms with E-state index in [0.29, 0.717) is 12.5 Å². The Morgan fingerprint density at radius 2 is 1.92 bits per heavy atom. The molecule has 2 heterocycles. The molecule has 0 aromatic heterocycles. The van der Waals surface area contributed by atoms with Crippen LogP contribution in [0.1, 0.15) is 40.0 Å². The molecule has 0 aliphatic carbocycles. The molecule has 0 aromatic rings. The molecule has 1 N–H and O–H groups in total. The average molecular weight is 480 g/mol. The van der Waals surface area contributed by atoms with Crippen molar-refractivity contribution in [2.45, 2.75) is 40.0 Å². The number of esters is 1. The third-order valence-electron chi connectivity index (χ3n) is 5.52. The zero-order valence-electron chi connectivity index (χ0n) is 16.9. The summed E-state index contributed by atoms with van der Waals surface area (Å²) < 4.78 is 4.93. The van der Waals surface area contributed by atoms with Crippen LogP contribution in [0.3, 0.4) is 0 Å². The second kappa shape index (κ2) is 12.0. The maximum Gasteiger partial charge on any atom is 0.310 e. The van der Waals surface area contributed by atoms with Crippen molar-refractivity contribution >= 4 is 35.9 Å². The topological polar surface area (TPSA) is 57.2 Å². The van der Waals surface area contributed by atoms with Gasteiger partial charge in [0, 0.05) is 26.2 Å². The number of piperidine rings is 1. The Morgan fingerprint density at radius 1 is 1.23 bits per heavy atom. The van der Waals surface area contributed by atoms with E-state index < -0.39 is 0 Å². The van der Waals surface area contributed by atoms with E-state index in [1.54, 1.807) is 0 Å². The van der Waals surface area contributed by atoms with Gasteiger partial charge in [0.1, 0.15) is 0 Å². The van der Waals surface area contributed by atoms with Crippen LogP contribution < -0.4 is 5.32 Å². The molecule has 6 nitrogen and oxygen atoms in total. The van der Waals surface area contributed by atoms with Crippen molar-refractivity contribution in [2.75, 3.05) is 52.9 Å². The number of nitrogens with one attached hydrogen (secondary N) is 1. The zero-order valence-corrected chi connectivity index (χ0v) is 19.2. The van der Waals surface area contributed by atoms with E-state index in [9.17, 15) is 4.79 Å². The van der Waals surface area contributed by atoms with Crippen LogP contribution in [-0.4, -0.2) is 74.7 Å². The Labute approximate surface area is 176 Å². The maximum atomic E-state index is 11.9. The first kappa shape index (κ1) is 23.5. The molecule has 0 spiro atoms. The Kier molecular flexibility index (Phi) is 10.8. The van der Waals surface area contributed by atoms with Crippen LogP contribution in [-0.2, 0) is 9.53 Å². The van der Waals surface area contributed by atoms with Gasteiger partial charge in [-0.2, -0.15) is 0 Å². The highest BCUT2D eigenvalue weighted by atomic mass is 127. The van der Waals surface area contributed by atoms with E-state index in [1.807, 2.05) is 0 Å². The summed E-state index contributed by atoms with van der Waals surface area (Å²) in [6.07, 6.45) is 3.74. The minimum Gasteiger partial charge on any atom is -0.469 e. The van der Waals surface area contributed by atoms with Crippen LogP contribution in [0, 0.1) is 17.8 Å². The number of hydrogen-bond acceptors (Lipinski definition) is 4. The number of likely N-dealkylation sites (tertiary alicyclic amines) is 2. The van der Waals surface area contributed by atoms with Gasteiger partial charge >= 0.3 is 5.97 Å². The molecule has 26 heavy (non-hydrogen) atoms. The van der Waals surface area contributed by atoms with Crippen molar-refractivity contribution in [1.82, 2.24) is 15.1 Å². The van der Waals surface area contributed by atoms with Crippen LogP contribution in [0.25, 0.3) is 0 Å². The van der Waals surface area contributed by atoms with Gasteiger partial charge in [-0.3, -0.25) is 9.79 Å². The monoisotopic (exact) mass is 480 g/mol. The molecule has 2 fully saturated rings. The molecule has 2 unspecified atom stereocenters. The number of nitrogens with zero attached hydrogens (tertiary/aromatic N) is 3. The molecule has 152 valence electrons. The smallest absolute Gasteiger partial charge is 0.310 e. The fourth-order valence-corrected chi connectivity index (χ4v) is 3.79. The number of aliphatic imine (C=N–C) groups is 1. The van der Waals surface area contributed by atoms with Crippen molar-refractivity contribution in [2.24, 2.45) is 22.7 Å². The molecule has 2 atom stereocenters. The molecule has 2 aliphatic rings. The Morgan fingerprint density at radius 3 is 2.54 bits per heavy atom. The fraction of sp³-hybridized carbons (Fsp3) is 0.895. The summed E-state index contributed by atoms with van der Waals surface area (Å²) in [7, 11) is 1.47. The van der Waals surface area contributed by atoms with Crippen molar-refractivity contribution in [1.29, 1.82) is 0 Å². The molecule has 2 aliphatic heterocycles. The number of carbonyl (C=O) groups excluding carboxylic acids is 1. The van der Waals surface area contributed by atoms with Gasteiger partial charge in [-0.05, 0) is 57.7 Å². The molecule has 7 heteroatoms. The van der Waals surface area contributed by atoms with Crippen LogP contribution in [0.2, 0.25) is 0 Å². The summed E-state index contributed by atoms with van der Waals surface area (Å²) >= 11 is 0. The normalized spacial score (nSPS) is 25.1. The van der Waals surface area contributed by atoms with Crippen LogP contribution in [0.5, 0.6) is 0 Å². The Balaban J connectivity index is 0.00000338. The van der Waals surface area contributed by atoms with Gasteiger partial charge in [-0.15, -0.1) is 24.0 Å². The van der Waals surface area contributed by atoms with Crippen LogP contribution >= 0.6 is 24.0 Å². The molecule has 2 saturated heterocycles. The van der Waals surface area contributed by atoms with Gasteiger partial charge in [0.25, 0.3) is 0 Å². The van der Waals surface area contributed by atoms with Gasteiger partial charge in [0.15, 0.2) is 5.96 Å². The van der Waals surface area contributed by atoms with Crippen LogP contribution in [0.4, 0.5) is 0 Å².